The van der Waals surface area contributed by atoms with Gasteiger partial charge in [0.05, 0.1) is 5.69 Å². The van der Waals surface area contributed by atoms with Crippen molar-refractivity contribution in [2.75, 3.05) is 5.32 Å². The van der Waals surface area contributed by atoms with Crippen molar-refractivity contribution < 1.29 is 0 Å². The lowest BCUT2D eigenvalue weighted by molar-refractivity contribution is 1.05. The summed E-state index contributed by atoms with van der Waals surface area (Å²) in [6, 6.07) is 0.728. The summed E-state index contributed by atoms with van der Waals surface area (Å²) in [6.07, 6.45) is 3.69. The summed E-state index contributed by atoms with van der Waals surface area (Å²) >= 11 is 1.72. The van der Waals surface area contributed by atoms with Gasteiger partial charge in [0, 0.05) is 11.4 Å². The molecule has 0 unspecified atom stereocenters. The predicted octanol–water partition coefficient (Wildman–Crippen LogP) is 2.28. The van der Waals surface area contributed by atoms with E-state index in [0.29, 0.717) is 0 Å². The van der Waals surface area contributed by atoms with Crippen LogP contribution in [0.2, 0.25) is 0 Å². The van der Waals surface area contributed by atoms with E-state index in [4.69, 9.17) is 0 Å². The number of hydrogen-bond donors (Lipinski definition) is 1. The number of hydrogen-bond acceptors (Lipinski definition) is 3. The van der Waals surface area contributed by atoms with Crippen LogP contribution in [0.1, 0.15) is 25.5 Å². The first-order chi connectivity index (χ1) is 5.38. The first-order valence-electron chi connectivity index (χ1n) is 4.09. The topological polar surface area (TPSA) is 24.9 Å². The Bertz CT molecular complexity index is 240. The molecule has 0 bridgehead atoms. The zero-order chi connectivity index (χ0) is 7.68. The van der Waals surface area contributed by atoms with Crippen LogP contribution < -0.4 is 5.32 Å². The van der Waals surface area contributed by atoms with Crippen molar-refractivity contribution in [3.05, 3.63) is 11.1 Å². The number of aromatic nitrogens is 1. The summed E-state index contributed by atoms with van der Waals surface area (Å²) in [5, 5.41) is 6.61. The maximum absolute atomic E-state index is 4.42. The number of nitrogens with one attached hydrogen (secondary N) is 1. The summed E-state index contributed by atoms with van der Waals surface area (Å²) in [7, 11) is 0. The molecule has 11 heavy (non-hydrogen) atoms. The molecule has 1 aliphatic carbocycles. The molecule has 1 fully saturated rings. The van der Waals surface area contributed by atoms with E-state index in [1.807, 2.05) is 0 Å². The van der Waals surface area contributed by atoms with Crippen molar-refractivity contribution in [1.29, 1.82) is 0 Å². The second-order valence-electron chi connectivity index (χ2n) is 2.92. The van der Waals surface area contributed by atoms with Crippen LogP contribution in [0.4, 0.5) is 5.13 Å². The lowest BCUT2D eigenvalue weighted by Crippen LogP contribution is -1.99. The van der Waals surface area contributed by atoms with Crippen molar-refractivity contribution in [2.45, 2.75) is 32.2 Å². The Morgan fingerprint density at radius 2 is 2.55 bits per heavy atom. The van der Waals surface area contributed by atoms with Gasteiger partial charge in [-0.05, 0) is 19.3 Å². The van der Waals surface area contributed by atoms with Crippen molar-refractivity contribution in [3.63, 3.8) is 0 Å². The quantitative estimate of drug-likeness (QED) is 0.749. The summed E-state index contributed by atoms with van der Waals surface area (Å²) in [4.78, 5) is 4.42. The molecular weight excluding hydrogens is 156 g/mol. The highest BCUT2D eigenvalue weighted by atomic mass is 32.1. The first-order valence-corrected chi connectivity index (χ1v) is 4.97. The number of anilines is 1. The van der Waals surface area contributed by atoms with Gasteiger partial charge in [-0.3, -0.25) is 0 Å². The molecular formula is C8H12N2S. The molecule has 60 valence electrons. The number of nitrogens with zero attached hydrogens (tertiary/aromatic N) is 1. The van der Waals surface area contributed by atoms with Crippen molar-refractivity contribution in [2.24, 2.45) is 0 Å². The molecule has 1 aliphatic rings. The van der Waals surface area contributed by atoms with Gasteiger partial charge in [-0.15, -0.1) is 11.3 Å². The predicted molar refractivity (Wildman–Crippen MR) is 48.1 cm³/mol. The minimum absolute atomic E-state index is 0.728. The Labute approximate surface area is 70.7 Å². The van der Waals surface area contributed by atoms with Gasteiger partial charge >= 0.3 is 0 Å². The number of rotatable bonds is 3. The van der Waals surface area contributed by atoms with E-state index in [-0.39, 0.29) is 0 Å². The number of aryl methyl sites for hydroxylation is 1. The molecule has 2 nitrogen and oxygen atoms in total. The summed E-state index contributed by atoms with van der Waals surface area (Å²) in [6.45, 7) is 2.13. The molecule has 1 aromatic rings. The van der Waals surface area contributed by atoms with Crippen LogP contribution in [-0.4, -0.2) is 11.0 Å². The van der Waals surface area contributed by atoms with Gasteiger partial charge < -0.3 is 5.32 Å². The molecule has 0 aromatic carbocycles. The van der Waals surface area contributed by atoms with Crippen LogP contribution in [0.25, 0.3) is 0 Å². The molecule has 0 spiro atoms. The molecule has 0 aliphatic heterocycles. The maximum atomic E-state index is 4.42. The second kappa shape index (κ2) is 2.81. The molecule has 1 N–H and O–H groups in total. The lowest BCUT2D eigenvalue weighted by Gasteiger charge is -1.95. The Balaban J connectivity index is 1.99. The maximum Gasteiger partial charge on any atom is 0.183 e. The fraction of sp³-hybridized carbons (Fsp3) is 0.625. The summed E-state index contributed by atoms with van der Waals surface area (Å²) < 4.78 is 0. The van der Waals surface area contributed by atoms with Crippen LogP contribution in [0.15, 0.2) is 5.38 Å². The van der Waals surface area contributed by atoms with Gasteiger partial charge in [0.25, 0.3) is 0 Å². The molecule has 1 aromatic heterocycles. The van der Waals surface area contributed by atoms with E-state index in [1.165, 1.54) is 18.5 Å². The normalized spacial score (nSPS) is 16.8. The van der Waals surface area contributed by atoms with E-state index in [2.05, 4.69) is 22.6 Å². The van der Waals surface area contributed by atoms with Crippen LogP contribution in [0.3, 0.4) is 0 Å². The SMILES string of the molecule is CCc1csc(NC2CC2)n1. The average Bonchev–Trinajstić information content (AvgIpc) is 2.68. The third kappa shape index (κ3) is 1.71. The Hall–Kier alpha value is -0.570. The first kappa shape index (κ1) is 7.10. The molecule has 0 saturated heterocycles. The highest BCUT2D eigenvalue weighted by Gasteiger charge is 2.21. The van der Waals surface area contributed by atoms with Gasteiger partial charge in [0.2, 0.25) is 0 Å². The minimum Gasteiger partial charge on any atom is -0.359 e. The van der Waals surface area contributed by atoms with E-state index >= 15 is 0 Å². The molecule has 2 rings (SSSR count). The molecule has 1 heterocycles. The van der Waals surface area contributed by atoms with Gasteiger partial charge in [0.15, 0.2) is 5.13 Å². The van der Waals surface area contributed by atoms with E-state index < -0.39 is 0 Å². The smallest absolute Gasteiger partial charge is 0.183 e. The Kier molecular flexibility index (Phi) is 1.82. The largest absolute Gasteiger partial charge is 0.359 e. The number of thiazole rings is 1. The highest BCUT2D eigenvalue weighted by molar-refractivity contribution is 7.13. The van der Waals surface area contributed by atoms with Crippen molar-refractivity contribution in [1.82, 2.24) is 4.98 Å². The third-order valence-electron chi connectivity index (χ3n) is 1.82. The zero-order valence-electron chi connectivity index (χ0n) is 6.63. The fourth-order valence-corrected chi connectivity index (χ4v) is 1.81. The van der Waals surface area contributed by atoms with Crippen LogP contribution in [0, 0.1) is 0 Å². The molecule has 0 amide bonds. The van der Waals surface area contributed by atoms with Gasteiger partial charge in [-0.2, -0.15) is 0 Å². The highest BCUT2D eigenvalue weighted by Crippen LogP contribution is 2.26. The molecule has 3 heteroatoms. The van der Waals surface area contributed by atoms with Crippen LogP contribution >= 0.6 is 11.3 Å². The van der Waals surface area contributed by atoms with E-state index in [0.717, 1.165) is 17.6 Å². The van der Waals surface area contributed by atoms with Crippen molar-refractivity contribution in [3.8, 4) is 0 Å². The molecule has 1 saturated carbocycles. The van der Waals surface area contributed by atoms with Gasteiger partial charge in [-0.25, -0.2) is 4.98 Å². The monoisotopic (exact) mass is 168 g/mol. The fourth-order valence-electron chi connectivity index (χ4n) is 0.938. The van der Waals surface area contributed by atoms with E-state index in [9.17, 15) is 0 Å². The molecule has 0 radical (unpaired) electrons. The van der Waals surface area contributed by atoms with Gasteiger partial charge in [0.1, 0.15) is 0 Å². The van der Waals surface area contributed by atoms with E-state index in [1.54, 1.807) is 11.3 Å². The van der Waals surface area contributed by atoms with Gasteiger partial charge in [-0.1, -0.05) is 6.92 Å². The van der Waals surface area contributed by atoms with Crippen LogP contribution in [0.5, 0.6) is 0 Å². The average molecular weight is 168 g/mol. The lowest BCUT2D eigenvalue weighted by atomic mass is 10.4. The Morgan fingerprint density at radius 3 is 3.09 bits per heavy atom. The minimum atomic E-state index is 0.728. The summed E-state index contributed by atoms with van der Waals surface area (Å²) in [5.74, 6) is 0. The second-order valence-corrected chi connectivity index (χ2v) is 3.77. The third-order valence-corrected chi connectivity index (χ3v) is 2.64. The molecule has 0 atom stereocenters. The zero-order valence-corrected chi connectivity index (χ0v) is 7.45. The summed E-state index contributed by atoms with van der Waals surface area (Å²) in [5.41, 5.74) is 1.21. The van der Waals surface area contributed by atoms with Crippen LogP contribution in [-0.2, 0) is 6.42 Å². The Morgan fingerprint density at radius 1 is 1.73 bits per heavy atom. The standard InChI is InChI=1S/C8H12N2S/c1-2-6-5-11-8(9-6)10-7-3-4-7/h5,7H,2-4H2,1H3,(H,9,10). The van der Waals surface area contributed by atoms with Crippen molar-refractivity contribution >= 4 is 16.5 Å².